The molecule has 0 spiro atoms. The van der Waals surface area contributed by atoms with Crippen LogP contribution in [-0.2, 0) is 22.5 Å². The third kappa shape index (κ3) is 7.45. The van der Waals surface area contributed by atoms with Crippen LogP contribution in [0.4, 0.5) is 0 Å². The van der Waals surface area contributed by atoms with Gasteiger partial charge in [0.25, 0.3) is 0 Å². The summed E-state index contributed by atoms with van der Waals surface area (Å²) < 4.78 is 11.7. The molecule has 23 heavy (non-hydrogen) atoms. The van der Waals surface area contributed by atoms with E-state index < -0.39 is 0 Å². The summed E-state index contributed by atoms with van der Waals surface area (Å²) in [5.74, 6) is 0. The van der Waals surface area contributed by atoms with Gasteiger partial charge in [0.2, 0.25) is 0 Å². The Balaban J connectivity index is 1.56. The molecule has 0 unspecified atom stereocenters. The maximum absolute atomic E-state index is 5.84. The fourth-order valence-corrected chi connectivity index (χ4v) is 2.43. The molecule has 0 fully saturated rings. The molecule has 0 aliphatic carbocycles. The summed E-state index contributed by atoms with van der Waals surface area (Å²) in [6, 6.07) is 20.9. The zero-order valence-electron chi connectivity index (χ0n) is 14.3. The van der Waals surface area contributed by atoms with Gasteiger partial charge in [0.05, 0.1) is 19.8 Å². The van der Waals surface area contributed by atoms with Crippen molar-refractivity contribution < 1.29 is 9.47 Å². The Hall–Kier alpha value is -1.64. The van der Waals surface area contributed by atoms with Crippen LogP contribution >= 0.6 is 0 Å². The quantitative estimate of drug-likeness (QED) is 0.582. The van der Waals surface area contributed by atoms with Crippen LogP contribution in [0.25, 0.3) is 0 Å². The van der Waals surface area contributed by atoms with Crippen molar-refractivity contribution in [2.75, 3.05) is 19.8 Å². The van der Waals surface area contributed by atoms with Gasteiger partial charge in [-0.15, -0.1) is 0 Å². The molecule has 0 saturated heterocycles. The standard InChI is InChI=1S/C21H28O2/c1-21(2,18-23-16-20-12-7-4-8-13-20)17-22-15-9-14-19-10-5-3-6-11-19/h3-8,10-13H,9,14-18H2,1-2H3. The van der Waals surface area contributed by atoms with Crippen molar-refractivity contribution in [3.63, 3.8) is 0 Å². The largest absolute Gasteiger partial charge is 0.381 e. The van der Waals surface area contributed by atoms with Crippen LogP contribution in [0.5, 0.6) is 0 Å². The molecule has 0 aliphatic rings. The van der Waals surface area contributed by atoms with Crippen LogP contribution in [0.1, 0.15) is 31.4 Å². The second kappa shape index (κ2) is 9.49. The Morgan fingerprint density at radius 1 is 0.739 bits per heavy atom. The molecule has 0 amide bonds. The highest BCUT2D eigenvalue weighted by molar-refractivity contribution is 5.14. The lowest BCUT2D eigenvalue weighted by Crippen LogP contribution is -2.25. The summed E-state index contributed by atoms with van der Waals surface area (Å²) in [7, 11) is 0. The second-order valence-corrected chi connectivity index (χ2v) is 6.78. The Kier molecular flexibility index (Phi) is 7.31. The number of aryl methyl sites for hydroxylation is 1. The predicted molar refractivity (Wildman–Crippen MR) is 95.5 cm³/mol. The summed E-state index contributed by atoms with van der Waals surface area (Å²) in [6.07, 6.45) is 2.14. The molecule has 0 atom stereocenters. The minimum Gasteiger partial charge on any atom is -0.381 e. The van der Waals surface area contributed by atoms with Crippen LogP contribution < -0.4 is 0 Å². The lowest BCUT2D eigenvalue weighted by molar-refractivity contribution is -0.00942. The Morgan fingerprint density at radius 2 is 1.30 bits per heavy atom. The van der Waals surface area contributed by atoms with Crippen LogP contribution in [0.3, 0.4) is 0 Å². The minimum absolute atomic E-state index is 0.0432. The summed E-state index contributed by atoms with van der Waals surface area (Å²) in [5.41, 5.74) is 2.63. The van der Waals surface area contributed by atoms with E-state index in [0.717, 1.165) is 26.1 Å². The molecule has 0 aromatic heterocycles. The molecule has 2 heteroatoms. The first-order valence-corrected chi connectivity index (χ1v) is 8.39. The zero-order chi connectivity index (χ0) is 16.4. The van der Waals surface area contributed by atoms with E-state index in [-0.39, 0.29) is 5.41 Å². The van der Waals surface area contributed by atoms with Crippen molar-refractivity contribution in [2.24, 2.45) is 5.41 Å². The van der Waals surface area contributed by atoms with Crippen LogP contribution in [0.15, 0.2) is 60.7 Å². The lowest BCUT2D eigenvalue weighted by atomic mass is 9.96. The molecule has 2 nitrogen and oxygen atoms in total. The van der Waals surface area contributed by atoms with Gasteiger partial charge in [-0.25, -0.2) is 0 Å². The van der Waals surface area contributed by atoms with Crippen molar-refractivity contribution in [3.05, 3.63) is 71.8 Å². The van der Waals surface area contributed by atoms with Gasteiger partial charge in [0.15, 0.2) is 0 Å². The molecular formula is C21H28O2. The van der Waals surface area contributed by atoms with E-state index in [0.29, 0.717) is 13.2 Å². The predicted octanol–water partition coefficient (Wildman–Crippen LogP) is 4.88. The van der Waals surface area contributed by atoms with Gasteiger partial charge in [0, 0.05) is 12.0 Å². The first-order chi connectivity index (χ1) is 11.2. The lowest BCUT2D eigenvalue weighted by Gasteiger charge is -2.24. The van der Waals surface area contributed by atoms with Gasteiger partial charge in [-0.1, -0.05) is 74.5 Å². The second-order valence-electron chi connectivity index (χ2n) is 6.78. The third-order valence-corrected chi connectivity index (χ3v) is 3.69. The minimum atomic E-state index is 0.0432. The van der Waals surface area contributed by atoms with Gasteiger partial charge in [0.1, 0.15) is 0 Å². The fraction of sp³-hybridized carbons (Fsp3) is 0.429. The van der Waals surface area contributed by atoms with E-state index >= 15 is 0 Å². The third-order valence-electron chi connectivity index (χ3n) is 3.69. The Bertz CT molecular complexity index is 534. The van der Waals surface area contributed by atoms with Gasteiger partial charge in [-0.05, 0) is 24.0 Å². The van der Waals surface area contributed by atoms with E-state index in [1.165, 1.54) is 11.1 Å². The van der Waals surface area contributed by atoms with Gasteiger partial charge < -0.3 is 9.47 Å². The van der Waals surface area contributed by atoms with Gasteiger partial charge >= 0.3 is 0 Å². The Labute approximate surface area is 140 Å². The molecule has 2 aromatic rings. The first-order valence-electron chi connectivity index (χ1n) is 8.39. The van der Waals surface area contributed by atoms with Crippen LogP contribution in [0, 0.1) is 5.41 Å². The number of rotatable bonds is 10. The van der Waals surface area contributed by atoms with E-state index in [1.807, 2.05) is 18.2 Å². The van der Waals surface area contributed by atoms with Crippen molar-refractivity contribution in [2.45, 2.75) is 33.3 Å². The van der Waals surface area contributed by atoms with Crippen molar-refractivity contribution in [1.82, 2.24) is 0 Å². The van der Waals surface area contributed by atoms with Gasteiger partial charge in [-0.3, -0.25) is 0 Å². The highest BCUT2D eigenvalue weighted by atomic mass is 16.5. The smallest absolute Gasteiger partial charge is 0.0717 e. The SMILES string of the molecule is CC(C)(COCCCc1ccccc1)COCc1ccccc1. The average molecular weight is 312 g/mol. The molecule has 0 heterocycles. The topological polar surface area (TPSA) is 18.5 Å². The molecule has 0 bridgehead atoms. The van der Waals surface area contributed by atoms with Crippen LogP contribution in [-0.4, -0.2) is 19.8 Å². The average Bonchev–Trinajstić information content (AvgIpc) is 2.56. The molecule has 0 radical (unpaired) electrons. The number of ether oxygens (including phenoxy) is 2. The van der Waals surface area contributed by atoms with E-state index in [2.05, 4.69) is 56.3 Å². The molecule has 2 aromatic carbocycles. The van der Waals surface area contributed by atoms with Gasteiger partial charge in [-0.2, -0.15) is 0 Å². The normalized spacial score (nSPS) is 11.6. The van der Waals surface area contributed by atoms with E-state index in [9.17, 15) is 0 Å². The van der Waals surface area contributed by atoms with E-state index in [1.54, 1.807) is 0 Å². The monoisotopic (exact) mass is 312 g/mol. The molecular weight excluding hydrogens is 284 g/mol. The highest BCUT2D eigenvalue weighted by Crippen LogP contribution is 2.17. The number of hydrogen-bond donors (Lipinski definition) is 0. The summed E-state index contributed by atoms with van der Waals surface area (Å²) in [6.45, 7) is 7.29. The van der Waals surface area contributed by atoms with Crippen molar-refractivity contribution in [1.29, 1.82) is 0 Å². The summed E-state index contributed by atoms with van der Waals surface area (Å²) >= 11 is 0. The molecule has 0 saturated carbocycles. The van der Waals surface area contributed by atoms with Crippen molar-refractivity contribution in [3.8, 4) is 0 Å². The summed E-state index contributed by atoms with van der Waals surface area (Å²) in [5, 5.41) is 0. The Morgan fingerprint density at radius 3 is 1.96 bits per heavy atom. The van der Waals surface area contributed by atoms with E-state index in [4.69, 9.17) is 9.47 Å². The molecule has 0 aliphatic heterocycles. The molecule has 2 rings (SSSR count). The maximum atomic E-state index is 5.84. The maximum Gasteiger partial charge on any atom is 0.0717 e. The fourth-order valence-electron chi connectivity index (χ4n) is 2.43. The first kappa shape index (κ1) is 17.7. The number of hydrogen-bond acceptors (Lipinski definition) is 2. The number of benzene rings is 2. The molecule has 124 valence electrons. The van der Waals surface area contributed by atoms with Crippen molar-refractivity contribution >= 4 is 0 Å². The highest BCUT2D eigenvalue weighted by Gasteiger charge is 2.18. The van der Waals surface area contributed by atoms with Crippen LogP contribution in [0.2, 0.25) is 0 Å². The zero-order valence-corrected chi connectivity index (χ0v) is 14.3. The summed E-state index contributed by atoms with van der Waals surface area (Å²) in [4.78, 5) is 0. The molecule has 0 N–H and O–H groups in total.